The number of hydrogen-bond donors (Lipinski definition) is 2. The van der Waals surface area contributed by atoms with Gasteiger partial charge < -0.3 is 20.3 Å². The summed E-state index contributed by atoms with van der Waals surface area (Å²) in [5.74, 6) is 3.07. The highest BCUT2D eigenvalue weighted by Crippen LogP contribution is 2.37. The summed E-state index contributed by atoms with van der Waals surface area (Å²) in [5, 5.41) is 6.79. The van der Waals surface area contributed by atoms with Crippen LogP contribution in [-0.4, -0.2) is 48.8 Å². The Morgan fingerprint density at radius 1 is 1.45 bits per heavy atom. The normalized spacial score (nSPS) is 25.3. The van der Waals surface area contributed by atoms with Crippen molar-refractivity contribution in [3.05, 3.63) is 6.33 Å². The average molecular weight is 277 g/mol. The Kier molecular flexibility index (Phi) is 3.65. The van der Waals surface area contributed by atoms with Crippen LogP contribution in [0.25, 0.3) is 0 Å². The van der Waals surface area contributed by atoms with E-state index in [1.807, 2.05) is 7.05 Å². The van der Waals surface area contributed by atoms with Gasteiger partial charge in [-0.2, -0.15) is 0 Å². The first kappa shape index (κ1) is 13.4. The third kappa shape index (κ3) is 2.40. The molecule has 2 atom stereocenters. The molecule has 0 aromatic carbocycles. The first-order chi connectivity index (χ1) is 9.69. The highest BCUT2D eigenvalue weighted by atomic mass is 16.5. The molecule has 0 unspecified atom stereocenters. The van der Waals surface area contributed by atoms with E-state index in [9.17, 15) is 0 Å². The summed E-state index contributed by atoms with van der Waals surface area (Å²) in [7, 11) is 2.01. The Labute approximate surface area is 119 Å². The molecule has 0 bridgehead atoms. The van der Waals surface area contributed by atoms with Crippen molar-refractivity contribution in [2.24, 2.45) is 5.92 Å². The first-order valence-corrected chi connectivity index (χ1v) is 7.35. The topological polar surface area (TPSA) is 62.3 Å². The molecule has 1 aromatic heterocycles. The van der Waals surface area contributed by atoms with E-state index in [-0.39, 0.29) is 0 Å². The quantitative estimate of drug-likeness (QED) is 0.863. The molecule has 6 nitrogen and oxygen atoms in total. The van der Waals surface area contributed by atoms with E-state index in [0.29, 0.717) is 24.6 Å². The number of nitrogens with one attached hydrogen (secondary N) is 2. The molecule has 2 aliphatic heterocycles. The van der Waals surface area contributed by atoms with Gasteiger partial charge in [-0.3, -0.25) is 0 Å². The third-order valence-electron chi connectivity index (χ3n) is 4.22. The zero-order valence-electron chi connectivity index (χ0n) is 12.4. The first-order valence-electron chi connectivity index (χ1n) is 7.35. The van der Waals surface area contributed by atoms with Crippen LogP contribution < -0.4 is 20.3 Å². The van der Waals surface area contributed by atoms with Crippen LogP contribution in [0, 0.1) is 5.92 Å². The number of ether oxygens (including phenoxy) is 1. The van der Waals surface area contributed by atoms with Gasteiger partial charge in [-0.05, 0) is 19.4 Å². The number of nitrogens with zero attached hydrogens (tertiary/aromatic N) is 3. The second-order valence-corrected chi connectivity index (χ2v) is 5.90. The van der Waals surface area contributed by atoms with Crippen molar-refractivity contribution >= 4 is 11.6 Å². The molecule has 1 fully saturated rings. The van der Waals surface area contributed by atoms with Crippen molar-refractivity contribution in [1.82, 2.24) is 15.3 Å². The van der Waals surface area contributed by atoms with E-state index in [2.05, 4.69) is 39.3 Å². The number of likely N-dealkylation sites (N-methyl/N-ethyl adjacent to an activating group) is 1. The van der Waals surface area contributed by atoms with Gasteiger partial charge in [-0.1, -0.05) is 13.8 Å². The molecule has 1 saturated heterocycles. The van der Waals surface area contributed by atoms with E-state index < -0.39 is 0 Å². The molecule has 2 N–H and O–H groups in total. The smallest absolute Gasteiger partial charge is 0.204 e. The fourth-order valence-corrected chi connectivity index (χ4v) is 2.76. The van der Waals surface area contributed by atoms with Crippen LogP contribution in [0.1, 0.15) is 20.3 Å². The van der Waals surface area contributed by atoms with Gasteiger partial charge in [0.1, 0.15) is 12.9 Å². The van der Waals surface area contributed by atoms with Crippen LogP contribution in [0.3, 0.4) is 0 Å². The molecule has 1 aromatic rings. The molecule has 3 rings (SSSR count). The van der Waals surface area contributed by atoms with Crippen molar-refractivity contribution in [3.8, 4) is 5.75 Å². The molecular formula is C14H23N5O. The minimum Gasteiger partial charge on any atom is -0.484 e. The maximum atomic E-state index is 5.96. The van der Waals surface area contributed by atoms with Gasteiger partial charge >= 0.3 is 0 Å². The van der Waals surface area contributed by atoms with Crippen LogP contribution in [-0.2, 0) is 0 Å². The van der Waals surface area contributed by atoms with Crippen LogP contribution in [0.4, 0.5) is 11.6 Å². The van der Waals surface area contributed by atoms with Crippen molar-refractivity contribution < 1.29 is 4.74 Å². The molecule has 0 amide bonds. The van der Waals surface area contributed by atoms with Crippen molar-refractivity contribution in [2.75, 3.05) is 37.0 Å². The Balaban J connectivity index is 1.83. The lowest BCUT2D eigenvalue weighted by atomic mass is 10.0. The monoisotopic (exact) mass is 277 g/mol. The Morgan fingerprint density at radius 3 is 3.00 bits per heavy atom. The van der Waals surface area contributed by atoms with E-state index in [1.54, 1.807) is 6.33 Å². The summed E-state index contributed by atoms with van der Waals surface area (Å²) in [6, 6.07) is 0.842. The van der Waals surface area contributed by atoms with Crippen LogP contribution in [0.2, 0.25) is 0 Å². The minimum atomic E-state index is 0.314. The lowest BCUT2D eigenvalue weighted by Crippen LogP contribution is -2.37. The molecular weight excluding hydrogens is 254 g/mol. The molecule has 0 aliphatic carbocycles. The zero-order valence-corrected chi connectivity index (χ0v) is 12.4. The van der Waals surface area contributed by atoms with Crippen LogP contribution in [0.5, 0.6) is 5.75 Å². The van der Waals surface area contributed by atoms with Gasteiger partial charge in [0.05, 0.1) is 6.04 Å². The molecule has 0 spiro atoms. The second kappa shape index (κ2) is 5.44. The highest BCUT2D eigenvalue weighted by molar-refractivity contribution is 5.66. The van der Waals surface area contributed by atoms with Gasteiger partial charge in [0, 0.05) is 19.1 Å². The maximum absolute atomic E-state index is 5.96. The fraction of sp³-hybridized carbons (Fsp3) is 0.714. The van der Waals surface area contributed by atoms with Gasteiger partial charge in [0.25, 0.3) is 0 Å². The summed E-state index contributed by atoms with van der Waals surface area (Å²) < 4.78 is 5.96. The summed E-state index contributed by atoms with van der Waals surface area (Å²) in [5.41, 5.74) is 0. The van der Waals surface area contributed by atoms with Crippen molar-refractivity contribution in [3.63, 3.8) is 0 Å². The predicted octanol–water partition coefficient (Wildman–Crippen LogP) is 1.10. The number of rotatable bonds is 3. The summed E-state index contributed by atoms with van der Waals surface area (Å²) in [6.45, 7) is 7.02. The minimum absolute atomic E-state index is 0.314. The third-order valence-corrected chi connectivity index (χ3v) is 4.22. The number of fused-ring (bicyclic) bond motifs is 1. The van der Waals surface area contributed by atoms with E-state index >= 15 is 0 Å². The van der Waals surface area contributed by atoms with Gasteiger partial charge in [-0.15, -0.1) is 0 Å². The maximum Gasteiger partial charge on any atom is 0.204 e. The van der Waals surface area contributed by atoms with Crippen molar-refractivity contribution in [2.45, 2.75) is 32.4 Å². The van der Waals surface area contributed by atoms with Crippen LogP contribution in [0.15, 0.2) is 6.33 Å². The summed E-state index contributed by atoms with van der Waals surface area (Å²) in [6.07, 6.45) is 2.76. The van der Waals surface area contributed by atoms with Gasteiger partial charge in [0.15, 0.2) is 11.6 Å². The second-order valence-electron chi connectivity index (χ2n) is 5.90. The molecule has 6 heteroatoms. The Hall–Kier alpha value is -1.56. The summed E-state index contributed by atoms with van der Waals surface area (Å²) >= 11 is 0. The highest BCUT2D eigenvalue weighted by Gasteiger charge is 2.30. The molecule has 3 heterocycles. The molecule has 110 valence electrons. The predicted molar refractivity (Wildman–Crippen MR) is 79.5 cm³/mol. The van der Waals surface area contributed by atoms with Crippen LogP contribution >= 0.6 is 0 Å². The molecule has 0 saturated carbocycles. The Bertz CT molecular complexity index is 479. The Morgan fingerprint density at radius 2 is 2.30 bits per heavy atom. The average Bonchev–Trinajstić information content (AvgIpc) is 2.94. The van der Waals surface area contributed by atoms with Gasteiger partial charge in [-0.25, -0.2) is 9.97 Å². The fourth-order valence-electron chi connectivity index (χ4n) is 2.76. The number of anilines is 2. The lowest BCUT2D eigenvalue weighted by molar-refractivity contribution is 0.255. The molecule has 2 aliphatic rings. The molecule has 20 heavy (non-hydrogen) atoms. The zero-order chi connectivity index (χ0) is 14.1. The number of hydrogen-bond acceptors (Lipinski definition) is 6. The number of aromatic nitrogens is 2. The van der Waals surface area contributed by atoms with E-state index in [4.69, 9.17) is 4.74 Å². The standard InChI is InChI=1S/C14H23N5O/c1-9(2)11-7-20-12-13(18-11)16-8-17-14(12)19-5-4-10(6-19)15-3/h8-11,15H,4-7H2,1-3H3,(H,16,17,18)/t10-,11+/m1/s1. The van der Waals surface area contributed by atoms with Crippen molar-refractivity contribution in [1.29, 1.82) is 0 Å². The van der Waals surface area contributed by atoms with E-state index in [1.165, 1.54) is 0 Å². The lowest BCUT2D eigenvalue weighted by Gasteiger charge is -2.31. The SMILES string of the molecule is CN[C@@H]1CCN(c2ncnc3c2OC[C@@H](C(C)C)N3)C1. The van der Waals surface area contributed by atoms with Gasteiger partial charge in [0.2, 0.25) is 5.75 Å². The molecule has 0 radical (unpaired) electrons. The largest absolute Gasteiger partial charge is 0.484 e. The van der Waals surface area contributed by atoms with E-state index in [0.717, 1.165) is 36.9 Å². The summed E-state index contributed by atoms with van der Waals surface area (Å²) in [4.78, 5) is 11.0.